The van der Waals surface area contributed by atoms with Gasteiger partial charge in [-0.1, -0.05) is 19.4 Å². The average Bonchev–Trinajstić information content (AvgIpc) is 2.32. The number of hydrogen-bond acceptors (Lipinski definition) is 1. The van der Waals surface area contributed by atoms with Crippen LogP contribution in [0.1, 0.15) is 59.8 Å². The number of hydrogen-bond donors (Lipinski definition) is 1. The molecule has 0 aromatic heterocycles. The highest BCUT2D eigenvalue weighted by molar-refractivity contribution is 7.77. The van der Waals surface area contributed by atoms with E-state index in [0.717, 1.165) is 31.2 Å². The first-order valence-electron chi connectivity index (χ1n) is 7.39. The molecule has 2 unspecified atom stereocenters. The first-order chi connectivity index (χ1) is 9.15. The van der Waals surface area contributed by atoms with Crippen molar-refractivity contribution in [3.8, 4) is 0 Å². The van der Waals surface area contributed by atoms with Gasteiger partial charge in [0.1, 0.15) is 4.75 Å². The topological polar surface area (TPSA) is 12.0 Å². The fourth-order valence-corrected chi connectivity index (χ4v) is 3.32. The number of alkyl halides is 3. The van der Waals surface area contributed by atoms with Gasteiger partial charge in [0, 0.05) is 0 Å². The Labute approximate surface area is 124 Å². The molecule has 1 aliphatic rings. The summed E-state index contributed by atoms with van der Waals surface area (Å²) in [5.74, 6) is -1.25. The molecule has 118 valence electrons. The van der Waals surface area contributed by atoms with Crippen molar-refractivity contribution in [2.45, 2.75) is 76.8 Å². The Morgan fingerprint density at radius 2 is 2.00 bits per heavy atom. The minimum absolute atomic E-state index is 0.0505. The summed E-state index contributed by atoms with van der Waals surface area (Å²) in [6.45, 7) is 8.28. The standard InChI is InChI=1S/C15H26F3NS/c1-5-8-13(19-20-14(2,3)4)11-9-6-7-10-12(11)15(16,17)18/h9,12-13,19H,5-8,10H2,1-4H3/p+1. The Balaban J connectivity index is 2.85. The van der Waals surface area contributed by atoms with Crippen LogP contribution in [0, 0.1) is 5.92 Å². The molecular weight excluding hydrogens is 283 g/mol. The summed E-state index contributed by atoms with van der Waals surface area (Å²) >= 11 is 1.00. The highest BCUT2D eigenvalue weighted by Gasteiger charge is 2.44. The summed E-state index contributed by atoms with van der Waals surface area (Å²) in [6.07, 6.45) is 1.02. The second-order valence-electron chi connectivity index (χ2n) is 6.48. The van der Waals surface area contributed by atoms with Gasteiger partial charge in [0.2, 0.25) is 0 Å². The summed E-state index contributed by atoms with van der Waals surface area (Å²) in [7, 11) is 0. The molecule has 1 N–H and O–H groups in total. The molecule has 20 heavy (non-hydrogen) atoms. The van der Waals surface area contributed by atoms with E-state index in [9.17, 15) is 13.2 Å². The van der Waals surface area contributed by atoms with Crippen molar-refractivity contribution in [1.29, 1.82) is 0 Å². The number of allylic oxidation sites excluding steroid dienone is 1. The molecule has 2 atom stereocenters. The molecule has 0 spiro atoms. The van der Waals surface area contributed by atoms with Crippen LogP contribution in [0.3, 0.4) is 0 Å². The molecule has 0 bridgehead atoms. The van der Waals surface area contributed by atoms with E-state index in [4.69, 9.17) is 0 Å². The van der Waals surface area contributed by atoms with E-state index in [0.29, 0.717) is 12.0 Å². The number of thiol groups is 1. The van der Waals surface area contributed by atoms with Crippen LogP contribution < -0.4 is 4.72 Å². The van der Waals surface area contributed by atoms with Gasteiger partial charge in [-0.3, -0.25) is 0 Å². The molecule has 5 heteroatoms. The lowest BCUT2D eigenvalue weighted by Crippen LogP contribution is -2.41. The van der Waals surface area contributed by atoms with Crippen LogP contribution >= 0.6 is 0 Å². The van der Waals surface area contributed by atoms with Gasteiger partial charge >= 0.3 is 6.18 Å². The summed E-state index contributed by atoms with van der Waals surface area (Å²) in [6, 6.07) is -0.146. The van der Waals surface area contributed by atoms with E-state index in [-0.39, 0.29) is 17.2 Å². The van der Waals surface area contributed by atoms with Crippen molar-refractivity contribution >= 4 is 11.9 Å². The van der Waals surface area contributed by atoms with Crippen LogP contribution in [0.5, 0.6) is 0 Å². The third-order valence-electron chi connectivity index (χ3n) is 3.41. The molecule has 0 aromatic carbocycles. The highest BCUT2D eigenvalue weighted by atomic mass is 32.2. The van der Waals surface area contributed by atoms with Crippen LogP contribution in [0.4, 0.5) is 13.2 Å². The van der Waals surface area contributed by atoms with E-state index in [2.05, 4.69) is 25.5 Å². The molecule has 1 aliphatic carbocycles. The van der Waals surface area contributed by atoms with Gasteiger partial charge in [0.05, 0.1) is 23.9 Å². The van der Waals surface area contributed by atoms with Crippen molar-refractivity contribution in [2.24, 2.45) is 5.92 Å². The van der Waals surface area contributed by atoms with Gasteiger partial charge < -0.3 is 0 Å². The normalized spacial score (nSPS) is 22.6. The maximum atomic E-state index is 13.2. The third kappa shape index (κ3) is 5.68. The minimum atomic E-state index is -4.11. The Hall–Kier alpha value is -0.160. The van der Waals surface area contributed by atoms with E-state index in [1.807, 2.05) is 13.0 Å². The van der Waals surface area contributed by atoms with Crippen molar-refractivity contribution < 1.29 is 13.2 Å². The van der Waals surface area contributed by atoms with Gasteiger partial charge in [-0.05, 0) is 52.0 Å². The van der Waals surface area contributed by atoms with Crippen molar-refractivity contribution in [3.05, 3.63) is 11.6 Å². The molecule has 1 nitrogen and oxygen atoms in total. The third-order valence-corrected chi connectivity index (χ3v) is 4.52. The Morgan fingerprint density at radius 3 is 2.50 bits per heavy atom. The zero-order valence-electron chi connectivity index (χ0n) is 12.8. The van der Waals surface area contributed by atoms with Gasteiger partial charge in [-0.15, -0.1) is 4.72 Å². The number of halogens is 3. The maximum Gasteiger partial charge on any atom is 0.395 e. The minimum Gasteiger partial charge on any atom is -0.170 e. The Kier molecular flexibility index (Phi) is 6.45. The summed E-state index contributed by atoms with van der Waals surface area (Å²) in [5, 5.41) is 0. The zero-order valence-corrected chi connectivity index (χ0v) is 13.7. The van der Waals surface area contributed by atoms with Crippen LogP contribution in [0.2, 0.25) is 0 Å². The van der Waals surface area contributed by atoms with E-state index in [1.165, 1.54) is 0 Å². The molecule has 0 saturated heterocycles. The van der Waals surface area contributed by atoms with E-state index >= 15 is 0 Å². The molecule has 0 amide bonds. The average molecular weight is 310 g/mol. The summed E-state index contributed by atoms with van der Waals surface area (Å²) in [4.78, 5) is 0. The van der Waals surface area contributed by atoms with Crippen molar-refractivity contribution in [3.63, 3.8) is 0 Å². The van der Waals surface area contributed by atoms with Crippen molar-refractivity contribution in [2.75, 3.05) is 0 Å². The quantitative estimate of drug-likeness (QED) is 0.446. The van der Waals surface area contributed by atoms with Gasteiger partial charge in [-0.25, -0.2) is 0 Å². The molecule has 0 saturated carbocycles. The molecule has 0 aromatic rings. The molecule has 0 fully saturated rings. The maximum absolute atomic E-state index is 13.2. The Bertz CT molecular complexity index is 331. The van der Waals surface area contributed by atoms with E-state index < -0.39 is 12.1 Å². The van der Waals surface area contributed by atoms with Gasteiger partial charge in [0.25, 0.3) is 0 Å². The summed E-state index contributed by atoms with van der Waals surface area (Å²) in [5.41, 5.74) is 0.572. The number of rotatable bonds is 5. The highest BCUT2D eigenvalue weighted by Crippen LogP contribution is 2.40. The Morgan fingerprint density at radius 1 is 1.35 bits per heavy atom. The molecule has 0 radical (unpaired) electrons. The largest absolute Gasteiger partial charge is 0.395 e. The zero-order chi connectivity index (χ0) is 15.4. The summed E-state index contributed by atoms with van der Waals surface area (Å²) < 4.78 is 43.0. The SMILES string of the molecule is CCCC(N[SH+]C(C)(C)C)C1=CCCCC1C(F)(F)F. The van der Waals surface area contributed by atoms with Crippen molar-refractivity contribution in [1.82, 2.24) is 4.72 Å². The predicted octanol–water partition coefficient (Wildman–Crippen LogP) is 4.56. The molecule has 0 heterocycles. The fraction of sp³-hybridized carbons (Fsp3) is 0.867. The first kappa shape index (κ1) is 17.9. The van der Waals surface area contributed by atoms with Crippen LogP contribution in [0.25, 0.3) is 0 Å². The lowest BCUT2D eigenvalue weighted by atomic mass is 9.82. The first-order valence-corrected chi connectivity index (χ1v) is 8.28. The van der Waals surface area contributed by atoms with Crippen LogP contribution in [-0.2, 0) is 11.9 Å². The lowest BCUT2D eigenvalue weighted by Gasteiger charge is -2.31. The number of nitrogens with one attached hydrogen (secondary N) is 1. The predicted molar refractivity (Wildman–Crippen MR) is 81.8 cm³/mol. The lowest BCUT2D eigenvalue weighted by molar-refractivity contribution is -0.168. The molecular formula is C15H27F3NS+. The monoisotopic (exact) mass is 310 g/mol. The van der Waals surface area contributed by atoms with Crippen LogP contribution in [-0.4, -0.2) is 17.0 Å². The van der Waals surface area contributed by atoms with Gasteiger partial charge in [-0.2, -0.15) is 13.2 Å². The molecule has 1 rings (SSSR count). The smallest absolute Gasteiger partial charge is 0.170 e. The van der Waals surface area contributed by atoms with E-state index in [1.54, 1.807) is 0 Å². The second kappa shape index (κ2) is 7.21. The second-order valence-corrected chi connectivity index (χ2v) is 8.31. The van der Waals surface area contributed by atoms with Gasteiger partial charge in [0.15, 0.2) is 0 Å². The fourth-order valence-electron chi connectivity index (χ4n) is 2.50. The van der Waals surface area contributed by atoms with Crippen LogP contribution in [0.15, 0.2) is 11.6 Å². The molecule has 0 aliphatic heterocycles.